The Balaban J connectivity index is 1.54. The first-order valence-corrected chi connectivity index (χ1v) is 7.58. The monoisotopic (exact) mass is 327 g/mol. The van der Waals surface area contributed by atoms with Gasteiger partial charge < -0.3 is 10.3 Å². The zero-order chi connectivity index (χ0) is 16.9. The Hall–Kier alpha value is -3.16. The quantitative estimate of drug-likeness (QED) is 0.685. The van der Waals surface area contributed by atoms with Crippen molar-refractivity contribution in [3.63, 3.8) is 0 Å². The SMILES string of the molecule is O=C(C[C@@H]1NC(=O)N(CCc2ccccc2)C1=O)Nc1ncc[nH]1. The van der Waals surface area contributed by atoms with Crippen LogP contribution in [-0.2, 0) is 16.0 Å². The molecule has 1 saturated heterocycles. The van der Waals surface area contributed by atoms with E-state index in [1.165, 1.54) is 6.20 Å². The van der Waals surface area contributed by atoms with E-state index in [9.17, 15) is 14.4 Å². The van der Waals surface area contributed by atoms with Crippen LogP contribution in [0.25, 0.3) is 0 Å². The van der Waals surface area contributed by atoms with Crippen LogP contribution in [0.5, 0.6) is 0 Å². The number of nitrogens with zero attached hydrogens (tertiary/aromatic N) is 2. The topological polar surface area (TPSA) is 107 Å². The van der Waals surface area contributed by atoms with Gasteiger partial charge in [-0.25, -0.2) is 9.78 Å². The molecule has 124 valence electrons. The highest BCUT2D eigenvalue weighted by Crippen LogP contribution is 2.12. The Morgan fingerprint density at radius 2 is 2.04 bits per heavy atom. The lowest BCUT2D eigenvalue weighted by molar-refractivity contribution is -0.129. The molecule has 1 atom stereocenters. The lowest BCUT2D eigenvalue weighted by Crippen LogP contribution is -2.35. The number of carbonyl (C=O) groups is 3. The molecule has 1 aromatic heterocycles. The van der Waals surface area contributed by atoms with E-state index in [1.807, 2.05) is 30.3 Å². The number of amides is 4. The molecule has 0 bridgehead atoms. The molecule has 1 aliphatic rings. The van der Waals surface area contributed by atoms with E-state index >= 15 is 0 Å². The van der Waals surface area contributed by atoms with Crippen molar-refractivity contribution in [1.82, 2.24) is 20.2 Å². The summed E-state index contributed by atoms with van der Waals surface area (Å²) in [6.07, 6.45) is 3.52. The van der Waals surface area contributed by atoms with Crippen LogP contribution >= 0.6 is 0 Å². The molecule has 1 aromatic carbocycles. The second kappa shape index (κ2) is 6.95. The number of urea groups is 1. The number of anilines is 1. The van der Waals surface area contributed by atoms with Gasteiger partial charge in [-0.2, -0.15) is 0 Å². The van der Waals surface area contributed by atoms with Crippen molar-refractivity contribution >= 4 is 23.8 Å². The fourth-order valence-corrected chi connectivity index (χ4v) is 2.51. The predicted molar refractivity (Wildman–Crippen MR) is 86.0 cm³/mol. The average Bonchev–Trinajstić information content (AvgIpc) is 3.16. The molecule has 2 heterocycles. The van der Waals surface area contributed by atoms with E-state index in [-0.39, 0.29) is 18.9 Å². The van der Waals surface area contributed by atoms with Crippen molar-refractivity contribution in [2.24, 2.45) is 0 Å². The van der Waals surface area contributed by atoms with Crippen LogP contribution in [0.1, 0.15) is 12.0 Å². The summed E-state index contributed by atoms with van der Waals surface area (Å²) in [4.78, 5) is 43.9. The number of imide groups is 1. The molecule has 4 amide bonds. The molecular formula is C16H17N5O3. The summed E-state index contributed by atoms with van der Waals surface area (Å²) in [5.41, 5.74) is 1.04. The third-order valence-corrected chi connectivity index (χ3v) is 3.72. The minimum atomic E-state index is -0.844. The minimum absolute atomic E-state index is 0.132. The Morgan fingerprint density at radius 1 is 1.25 bits per heavy atom. The summed E-state index contributed by atoms with van der Waals surface area (Å²) in [6, 6.07) is 8.28. The molecule has 3 rings (SSSR count). The molecule has 2 aromatic rings. The van der Waals surface area contributed by atoms with Crippen molar-refractivity contribution in [1.29, 1.82) is 0 Å². The van der Waals surface area contributed by atoms with Crippen LogP contribution in [0.15, 0.2) is 42.7 Å². The molecule has 1 fully saturated rings. The fourth-order valence-electron chi connectivity index (χ4n) is 2.51. The second-order valence-corrected chi connectivity index (χ2v) is 5.42. The first-order chi connectivity index (χ1) is 11.6. The van der Waals surface area contributed by atoms with E-state index in [2.05, 4.69) is 20.6 Å². The summed E-state index contributed by atoms with van der Waals surface area (Å²) in [7, 11) is 0. The highest BCUT2D eigenvalue weighted by Gasteiger charge is 2.38. The number of H-pyrrole nitrogens is 1. The zero-order valence-corrected chi connectivity index (χ0v) is 12.9. The summed E-state index contributed by atoms with van der Waals surface area (Å²) < 4.78 is 0. The average molecular weight is 327 g/mol. The number of carbonyl (C=O) groups excluding carboxylic acids is 3. The lowest BCUT2D eigenvalue weighted by Gasteiger charge is -2.12. The molecule has 3 N–H and O–H groups in total. The highest BCUT2D eigenvalue weighted by molar-refractivity contribution is 6.06. The van der Waals surface area contributed by atoms with Crippen LogP contribution < -0.4 is 10.6 Å². The number of benzene rings is 1. The van der Waals surface area contributed by atoms with E-state index in [0.717, 1.165) is 10.5 Å². The molecule has 0 saturated carbocycles. The molecule has 24 heavy (non-hydrogen) atoms. The first-order valence-electron chi connectivity index (χ1n) is 7.58. The van der Waals surface area contributed by atoms with Gasteiger partial charge in [0.1, 0.15) is 6.04 Å². The van der Waals surface area contributed by atoms with Gasteiger partial charge in [0.05, 0.1) is 6.42 Å². The molecule has 1 aliphatic heterocycles. The van der Waals surface area contributed by atoms with Crippen molar-refractivity contribution < 1.29 is 14.4 Å². The number of aromatic nitrogens is 2. The van der Waals surface area contributed by atoms with Crippen LogP contribution in [-0.4, -0.2) is 45.3 Å². The molecule has 0 aliphatic carbocycles. The van der Waals surface area contributed by atoms with Crippen LogP contribution in [0.3, 0.4) is 0 Å². The van der Waals surface area contributed by atoms with Gasteiger partial charge in [0.25, 0.3) is 5.91 Å². The van der Waals surface area contributed by atoms with E-state index in [0.29, 0.717) is 12.4 Å². The standard InChI is InChI=1S/C16H17N5O3/c22-13(20-15-17-7-8-18-15)10-12-14(23)21(16(24)19-12)9-6-11-4-2-1-3-5-11/h1-5,7-8,12H,6,9-10H2,(H,19,24)(H2,17,18,20,22)/t12-/m0/s1. The second-order valence-electron chi connectivity index (χ2n) is 5.42. The Kier molecular flexibility index (Phi) is 4.55. The summed E-state index contributed by atoms with van der Waals surface area (Å²) in [5, 5.41) is 5.08. The van der Waals surface area contributed by atoms with Gasteiger partial charge in [0.15, 0.2) is 0 Å². The maximum atomic E-state index is 12.3. The zero-order valence-electron chi connectivity index (χ0n) is 12.9. The molecule has 0 spiro atoms. The fraction of sp³-hybridized carbons (Fsp3) is 0.250. The maximum absolute atomic E-state index is 12.3. The third-order valence-electron chi connectivity index (χ3n) is 3.72. The van der Waals surface area contributed by atoms with Gasteiger partial charge >= 0.3 is 6.03 Å². The van der Waals surface area contributed by atoms with Crippen LogP contribution in [0.2, 0.25) is 0 Å². The summed E-state index contributed by atoms with van der Waals surface area (Å²) in [5.74, 6) is -0.475. The van der Waals surface area contributed by atoms with E-state index in [4.69, 9.17) is 0 Å². The summed E-state index contributed by atoms with van der Waals surface area (Å²) in [6.45, 7) is 0.283. The Morgan fingerprint density at radius 3 is 2.75 bits per heavy atom. The largest absolute Gasteiger partial charge is 0.331 e. The molecule has 8 heteroatoms. The molecule has 0 unspecified atom stereocenters. The highest BCUT2D eigenvalue weighted by atomic mass is 16.2. The lowest BCUT2D eigenvalue weighted by atomic mass is 10.1. The molecule has 8 nitrogen and oxygen atoms in total. The normalized spacial score (nSPS) is 17.0. The first kappa shape index (κ1) is 15.7. The van der Waals surface area contributed by atoms with Gasteiger partial charge in [-0.15, -0.1) is 0 Å². The Bertz CT molecular complexity index is 729. The number of imidazole rings is 1. The van der Waals surface area contributed by atoms with Crippen molar-refractivity contribution in [2.75, 3.05) is 11.9 Å². The summed E-state index contributed by atoms with van der Waals surface area (Å²) >= 11 is 0. The Labute approximate surface area is 138 Å². The van der Waals surface area contributed by atoms with Crippen molar-refractivity contribution in [3.8, 4) is 0 Å². The number of hydrogen-bond donors (Lipinski definition) is 3. The number of nitrogens with one attached hydrogen (secondary N) is 3. The van der Waals surface area contributed by atoms with Gasteiger partial charge in [0.2, 0.25) is 11.9 Å². The van der Waals surface area contributed by atoms with E-state index < -0.39 is 18.0 Å². The third kappa shape index (κ3) is 3.60. The van der Waals surface area contributed by atoms with Gasteiger partial charge in [0, 0.05) is 18.9 Å². The smallest absolute Gasteiger partial charge is 0.324 e. The molecular weight excluding hydrogens is 310 g/mol. The molecule has 0 radical (unpaired) electrons. The van der Waals surface area contributed by atoms with Gasteiger partial charge in [-0.05, 0) is 12.0 Å². The van der Waals surface area contributed by atoms with Gasteiger partial charge in [-0.3, -0.25) is 19.8 Å². The van der Waals surface area contributed by atoms with E-state index in [1.54, 1.807) is 6.20 Å². The number of aromatic amines is 1. The predicted octanol–water partition coefficient (Wildman–Crippen LogP) is 0.901. The van der Waals surface area contributed by atoms with Gasteiger partial charge in [-0.1, -0.05) is 30.3 Å². The number of hydrogen-bond acceptors (Lipinski definition) is 4. The maximum Gasteiger partial charge on any atom is 0.324 e. The van der Waals surface area contributed by atoms with Crippen molar-refractivity contribution in [2.45, 2.75) is 18.9 Å². The van der Waals surface area contributed by atoms with Crippen LogP contribution in [0, 0.1) is 0 Å². The van der Waals surface area contributed by atoms with Crippen molar-refractivity contribution in [3.05, 3.63) is 48.3 Å². The van der Waals surface area contributed by atoms with Crippen LogP contribution in [0.4, 0.5) is 10.7 Å². The number of rotatable bonds is 6. The minimum Gasteiger partial charge on any atom is -0.331 e.